The maximum absolute atomic E-state index is 14.0. The van der Waals surface area contributed by atoms with Gasteiger partial charge in [0, 0.05) is 19.3 Å². The lowest BCUT2D eigenvalue weighted by Gasteiger charge is -2.44. The molecular formula is C27H48O8Si. The first-order valence-corrected chi connectivity index (χ1v) is 16.0. The van der Waals surface area contributed by atoms with E-state index in [2.05, 4.69) is 46.9 Å². The smallest absolute Gasteiger partial charge is 0.302 e. The summed E-state index contributed by atoms with van der Waals surface area (Å²) in [6, 6.07) is 0. The second-order valence-electron chi connectivity index (χ2n) is 12.2. The number of epoxide rings is 1. The zero-order valence-corrected chi connectivity index (χ0v) is 24.8. The molecule has 0 aromatic rings. The minimum absolute atomic E-state index is 0.0668. The third-order valence-electron chi connectivity index (χ3n) is 8.29. The molecule has 208 valence electrons. The Bertz CT molecular complexity index is 821. The lowest BCUT2D eigenvalue weighted by atomic mass is 9.78. The molecule has 1 unspecified atom stereocenters. The van der Waals surface area contributed by atoms with Crippen molar-refractivity contribution in [3.8, 4) is 0 Å². The Kier molecular flexibility index (Phi) is 9.79. The molecule has 2 rings (SSSR count). The predicted octanol–water partition coefficient (Wildman–Crippen LogP) is 3.99. The summed E-state index contributed by atoms with van der Waals surface area (Å²) < 4.78 is 24.2. The number of esters is 1. The summed E-state index contributed by atoms with van der Waals surface area (Å²) in [7, 11) is -2.41. The number of hydrogen-bond donors (Lipinski definition) is 2. The average Bonchev–Trinajstić information content (AvgIpc) is 3.45. The van der Waals surface area contributed by atoms with Crippen molar-refractivity contribution >= 4 is 20.1 Å². The number of carbonyl (C=O) groups is 2. The first kappa shape index (κ1) is 31.1. The van der Waals surface area contributed by atoms with Crippen LogP contribution >= 0.6 is 0 Å². The molecule has 0 saturated carbocycles. The van der Waals surface area contributed by atoms with Gasteiger partial charge in [0.2, 0.25) is 0 Å². The van der Waals surface area contributed by atoms with Gasteiger partial charge in [-0.15, -0.1) is 0 Å². The van der Waals surface area contributed by atoms with Crippen LogP contribution in [0.1, 0.15) is 68.2 Å². The quantitative estimate of drug-likeness (QED) is 0.179. The van der Waals surface area contributed by atoms with Crippen LogP contribution in [0.4, 0.5) is 0 Å². The molecule has 0 aromatic heterocycles. The zero-order chi connectivity index (χ0) is 27.7. The monoisotopic (exact) mass is 528 g/mol. The van der Waals surface area contributed by atoms with Crippen molar-refractivity contribution in [1.29, 1.82) is 0 Å². The van der Waals surface area contributed by atoms with Gasteiger partial charge in [0.05, 0.1) is 36.8 Å². The molecule has 0 spiro atoms. The number of aliphatic hydroxyl groups excluding tert-OH is 1. The molecule has 2 saturated heterocycles. The van der Waals surface area contributed by atoms with Crippen molar-refractivity contribution in [3.05, 3.63) is 12.2 Å². The van der Waals surface area contributed by atoms with Crippen molar-refractivity contribution in [2.45, 2.75) is 116 Å². The van der Waals surface area contributed by atoms with Crippen LogP contribution < -0.4 is 0 Å². The van der Waals surface area contributed by atoms with E-state index in [-0.39, 0.29) is 42.5 Å². The van der Waals surface area contributed by atoms with Gasteiger partial charge in [0.25, 0.3) is 0 Å². The van der Waals surface area contributed by atoms with Crippen molar-refractivity contribution < 1.29 is 38.4 Å². The highest BCUT2D eigenvalue weighted by Crippen LogP contribution is 2.51. The van der Waals surface area contributed by atoms with Gasteiger partial charge < -0.3 is 28.8 Å². The van der Waals surface area contributed by atoms with Gasteiger partial charge in [-0.05, 0) is 38.4 Å². The van der Waals surface area contributed by atoms with Crippen LogP contribution in [-0.4, -0.2) is 73.2 Å². The molecule has 2 aliphatic rings. The molecule has 0 radical (unpaired) electrons. The summed E-state index contributed by atoms with van der Waals surface area (Å²) in [5.74, 6) is -3.92. The fraction of sp³-hybridized carbons (Fsp3) is 0.852. The van der Waals surface area contributed by atoms with Gasteiger partial charge in [0.15, 0.2) is 14.1 Å². The molecule has 2 N–H and O–H groups in total. The Balaban J connectivity index is 2.48. The molecule has 0 aliphatic carbocycles. The van der Waals surface area contributed by atoms with Crippen molar-refractivity contribution in [2.24, 2.45) is 17.8 Å². The van der Waals surface area contributed by atoms with E-state index in [1.807, 2.05) is 19.9 Å². The minimum Gasteiger partial charge on any atom is -0.465 e. The number of Topliss-reactive ketones (excluding diaryl/α,β-unsaturated/α-hetero) is 1. The van der Waals surface area contributed by atoms with E-state index in [4.69, 9.17) is 18.6 Å². The highest BCUT2D eigenvalue weighted by Gasteiger charge is 2.64. The van der Waals surface area contributed by atoms with E-state index in [1.165, 1.54) is 6.92 Å². The van der Waals surface area contributed by atoms with E-state index in [0.29, 0.717) is 6.42 Å². The number of ether oxygens (including phenoxy) is 3. The maximum Gasteiger partial charge on any atom is 0.302 e. The molecule has 8 atom stereocenters. The molecular weight excluding hydrogens is 480 g/mol. The van der Waals surface area contributed by atoms with Gasteiger partial charge in [-0.1, -0.05) is 46.8 Å². The Morgan fingerprint density at radius 1 is 1.28 bits per heavy atom. The lowest BCUT2D eigenvalue weighted by Crippen LogP contribution is -2.57. The number of rotatable bonds is 11. The molecule has 36 heavy (non-hydrogen) atoms. The van der Waals surface area contributed by atoms with Crippen LogP contribution in [0.5, 0.6) is 0 Å². The van der Waals surface area contributed by atoms with Gasteiger partial charge >= 0.3 is 5.97 Å². The van der Waals surface area contributed by atoms with Crippen LogP contribution in [0.3, 0.4) is 0 Å². The first-order chi connectivity index (χ1) is 16.4. The summed E-state index contributed by atoms with van der Waals surface area (Å²) in [4.78, 5) is 25.8. The Labute approximate surface area is 217 Å². The topological polar surface area (TPSA) is 115 Å². The van der Waals surface area contributed by atoms with Gasteiger partial charge in [-0.2, -0.15) is 0 Å². The zero-order valence-electron chi connectivity index (χ0n) is 23.8. The summed E-state index contributed by atoms with van der Waals surface area (Å²) >= 11 is 0. The van der Waals surface area contributed by atoms with Crippen LogP contribution in [0.2, 0.25) is 18.1 Å². The predicted molar refractivity (Wildman–Crippen MR) is 140 cm³/mol. The van der Waals surface area contributed by atoms with E-state index in [0.717, 1.165) is 0 Å². The fourth-order valence-corrected chi connectivity index (χ4v) is 6.18. The summed E-state index contributed by atoms with van der Waals surface area (Å²) in [6.45, 7) is 19.3. The van der Waals surface area contributed by atoms with Gasteiger partial charge in [0.1, 0.15) is 18.0 Å². The maximum atomic E-state index is 14.0. The third-order valence-corrected chi connectivity index (χ3v) is 12.7. The standard InChI is InChI=1S/C27H48O8Si/c1-11-13-17(3)23-26(8,34-23)24(35-36(9,10)25(5,6)7)20(15-32-18(4)28)22(30)19-16-33-27(31,12-2)14-21(19)29/h11,13,17,19-21,23-24,29,31H,12,14-16H2,1-10H3/b13-11-/t17-,19+,20-,21-,23+,24-,26-,27?/m0/s1. The number of ketones is 1. The Morgan fingerprint density at radius 3 is 2.36 bits per heavy atom. The lowest BCUT2D eigenvalue weighted by molar-refractivity contribution is -0.258. The van der Waals surface area contributed by atoms with E-state index >= 15 is 0 Å². The normalized spacial score (nSPS) is 33.7. The summed E-state index contributed by atoms with van der Waals surface area (Å²) in [5, 5.41) is 21.2. The highest BCUT2D eigenvalue weighted by atomic mass is 28.4. The molecule has 8 nitrogen and oxygen atoms in total. The van der Waals surface area contributed by atoms with Crippen molar-refractivity contribution in [3.63, 3.8) is 0 Å². The average molecular weight is 529 g/mol. The fourth-order valence-electron chi connectivity index (χ4n) is 4.80. The molecule has 0 amide bonds. The summed E-state index contributed by atoms with van der Waals surface area (Å²) in [5.41, 5.74) is -0.778. The second kappa shape index (κ2) is 11.3. The van der Waals surface area contributed by atoms with Gasteiger partial charge in [-0.25, -0.2) is 0 Å². The number of carbonyl (C=O) groups excluding carboxylic acids is 2. The third kappa shape index (κ3) is 6.85. The van der Waals surface area contributed by atoms with Crippen molar-refractivity contribution in [1.82, 2.24) is 0 Å². The Morgan fingerprint density at radius 2 is 1.89 bits per heavy atom. The SMILES string of the molecule is C/C=C\[C@H](C)[C@H]1O[C@]1(C)[C@@H](O[Si](C)(C)C(C)(C)C)[C@@H](COC(C)=O)C(=O)[C@@H]1COC(O)(CC)C[C@@H]1O. The number of hydrogen-bond acceptors (Lipinski definition) is 8. The van der Waals surface area contributed by atoms with Crippen LogP contribution in [-0.2, 0) is 28.2 Å². The largest absolute Gasteiger partial charge is 0.465 e. The van der Waals surface area contributed by atoms with Crippen LogP contribution in [0.15, 0.2) is 12.2 Å². The van der Waals surface area contributed by atoms with E-state index in [1.54, 1.807) is 6.92 Å². The van der Waals surface area contributed by atoms with Crippen molar-refractivity contribution in [2.75, 3.05) is 13.2 Å². The van der Waals surface area contributed by atoms with Crippen LogP contribution in [0, 0.1) is 17.8 Å². The molecule has 2 heterocycles. The Hall–Kier alpha value is -1.10. The molecule has 0 bridgehead atoms. The molecule has 9 heteroatoms. The molecule has 2 aliphatic heterocycles. The summed E-state index contributed by atoms with van der Waals surface area (Å²) in [6.07, 6.45) is 2.32. The van der Waals surface area contributed by atoms with E-state index in [9.17, 15) is 19.8 Å². The van der Waals surface area contributed by atoms with E-state index < -0.39 is 49.7 Å². The highest BCUT2D eigenvalue weighted by molar-refractivity contribution is 6.74. The van der Waals surface area contributed by atoms with Gasteiger partial charge in [-0.3, -0.25) is 9.59 Å². The van der Waals surface area contributed by atoms with Crippen LogP contribution in [0.25, 0.3) is 0 Å². The number of aliphatic hydroxyl groups is 2. The molecule has 2 fully saturated rings. The second-order valence-corrected chi connectivity index (χ2v) is 17.0. The molecule has 0 aromatic carbocycles. The first-order valence-electron chi connectivity index (χ1n) is 13.1. The minimum atomic E-state index is -2.41. The number of allylic oxidation sites excluding steroid dienone is 1.